The van der Waals surface area contributed by atoms with Gasteiger partial charge in [0.05, 0.1) is 12.7 Å². The van der Waals surface area contributed by atoms with Crippen molar-refractivity contribution in [2.45, 2.75) is 13.1 Å². The molecule has 0 spiro atoms. The highest BCUT2D eigenvalue weighted by molar-refractivity contribution is 6.29. The first-order chi connectivity index (χ1) is 10.6. The van der Waals surface area contributed by atoms with Crippen LogP contribution in [0.2, 0.25) is 5.15 Å². The third-order valence-electron chi connectivity index (χ3n) is 4.20. The van der Waals surface area contributed by atoms with Crippen molar-refractivity contribution in [1.29, 1.82) is 0 Å². The van der Waals surface area contributed by atoms with Crippen molar-refractivity contribution in [2.75, 3.05) is 26.2 Å². The summed E-state index contributed by atoms with van der Waals surface area (Å²) in [6.45, 7) is 5.92. The first-order valence-corrected chi connectivity index (χ1v) is 7.88. The summed E-state index contributed by atoms with van der Waals surface area (Å²) in [5, 5.41) is 10.0. The summed E-state index contributed by atoms with van der Waals surface area (Å²) in [4.78, 5) is 9.20. The van der Waals surface area contributed by atoms with Crippen LogP contribution in [-0.2, 0) is 20.1 Å². The lowest BCUT2D eigenvalue weighted by Gasteiger charge is -2.34. The quantitative estimate of drug-likeness (QED) is 0.937. The molecule has 1 fully saturated rings. The van der Waals surface area contributed by atoms with E-state index < -0.39 is 0 Å². The van der Waals surface area contributed by atoms with Gasteiger partial charge < -0.3 is 9.67 Å². The molecule has 0 amide bonds. The average Bonchev–Trinajstić information content (AvgIpc) is 2.84. The summed E-state index contributed by atoms with van der Waals surface area (Å²) >= 11 is 6.03. The first-order valence-electron chi connectivity index (χ1n) is 7.50. The predicted octanol–water partition coefficient (Wildman–Crippen LogP) is 2.10. The summed E-state index contributed by atoms with van der Waals surface area (Å²) in [5.74, 6) is 1.33. The van der Waals surface area contributed by atoms with E-state index in [1.165, 1.54) is 5.56 Å². The van der Waals surface area contributed by atoms with E-state index in [1.54, 1.807) is 18.3 Å². The summed E-state index contributed by atoms with van der Waals surface area (Å²) in [6, 6.07) is 7.46. The van der Waals surface area contributed by atoms with Crippen LogP contribution in [0, 0.1) is 0 Å². The van der Waals surface area contributed by atoms with Crippen molar-refractivity contribution in [3.05, 3.63) is 47.0 Å². The number of rotatable bonds is 4. The van der Waals surface area contributed by atoms with Crippen LogP contribution >= 0.6 is 11.6 Å². The van der Waals surface area contributed by atoms with Crippen LogP contribution in [0.3, 0.4) is 0 Å². The van der Waals surface area contributed by atoms with Crippen LogP contribution in [0.15, 0.2) is 30.5 Å². The molecule has 1 N–H and O–H groups in total. The first kappa shape index (κ1) is 15.3. The van der Waals surface area contributed by atoms with Crippen LogP contribution < -0.4 is 0 Å². The Morgan fingerprint density at radius 1 is 1.05 bits per heavy atom. The van der Waals surface area contributed by atoms with Crippen LogP contribution in [-0.4, -0.2) is 50.6 Å². The number of phenols is 1. The van der Waals surface area contributed by atoms with E-state index in [0.717, 1.165) is 45.1 Å². The van der Waals surface area contributed by atoms with E-state index in [-0.39, 0.29) is 0 Å². The second kappa shape index (κ2) is 6.69. The highest BCUT2D eigenvalue weighted by Crippen LogP contribution is 2.15. The molecule has 1 aromatic carbocycles. The molecule has 2 aromatic rings. The van der Waals surface area contributed by atoms with E-state index in [0.29, 0.717) is 10.9 Å². The number of benzene rings is 1. The van der Waals surface area contributed by atoms with Crippen LogP contribution in [0.5, 0.6) is 5.75 Å². The summed E-state index contributed by atoms with van der Waals surface area (Å²) in [5.41, 5.74) is 1.24. The molecule has 1 aliphatic rings. The van der Waals surface area contributed by atoms with Gasteiger partial charge >= 0.3 is 0 Å². The summed E-state index contributed by atoms with van der Waals surface area (Å²) < 4.78 is 1.93. The Balaban J connectivity index is 1.50. The molecule has 3 rings (SSSR count). The number of halogens is 1. The second-order valence-corrected chi connectivity index (χ2v) is 6.16. The Labute approximate surface area is 135 Å². The molecule has 0 saturated carbocycles. The molecule has 0 unspecified atom stereocenters. The van der Waals surface area contributed by atoms with E-state index in [9.17, 15) is 5.11 Å². The lowest BCUT2D eigenvalue weighted by Crippen LogP contribution is -2.45. The predicted molar refractivity (Wildman–Crippen MR) is 86.9 cm³/mol. The van der Waals surface area contributed by atoms with Crippen molar-refractivity contribution in [1.82, 2.24) is 19.4 Å². The smallest absolute Gasteiger partial charge is 0.128 e. The fourth-order valence-corrected chi connectivity index (χ4v) is 2.88. The molecule has 0 radical (unpaired) electrons. The van der Waals surface area contributed by atoms with E-state index in [1.807, 2.05) is 23.7 Å². The standard InChI is InChI=1S/C16H21ClN4O/c1-19-15(17)10-18-16(19)12-21-8-6-20(7-9-21)11-13-2-4-14(22)5-3-13/h2-5,10,22H,6-9,11-12H2,1H3. The molecule has 0 atom stereocenters. The molecule has 1 aliphatic heterocycles. The van der Waals surface area contributed by atoms with Crippen molar-refractivity contribution in [2.24, 2.45) is 7.05 Å². The van der Waals surface area contributed by atoms with Gasteiger partial charge in [-0.05, 0) is 17.7 Å². The number of imidazole rings is 1. The van der Waals surface area contributed by atoms with Gasteiger partial charge in [0.1, 0.15) is 16.7 Å². The number of aromatic nitrogens is 2. The normalized spacial score (nSPS) is 17.0. The monoisotopic (exact) mass is 320 g/mol. The van der Waals surface area contributed by atoms with Crippen molar-refractivity contribution < 1.29 is 5.11 Å². The molecule has 0 bridgehead atoms. The topological polar surface area (TPSA) is 44.5 Å². The number of hydrogen-bond acceptors (Lipinski definition) is 4. The van der Waals surface area contributed by atoms with Crippen LogP contribution in [0.25, 0.3) is 0 Å². The zero-order valence-electron chi connectivity index (χ0n) is 12.7. The van der Waals surface area contributed by atoms with Gasteiger partial charge in [0.2, 0.25) is 0 Å². The van der Waals surface area contributed by atoms with Gasteiger partial charge in [-0.15, -0.1) is 0 Å². The summed E-state index contributed by atoms with van der Waals surface area (Å²) in [7, 11) is 1.95. The Morgan fingerprint density at radius 3 is 2.18 bits per heavy atom. The Morgan fingerprint density at radius 2 is 1.64 bits per heavy atom. The van der Waals surface area contributed by atoms with Crippen LogP contribution in [0.1, 0.15) is 11.4 Å². The number of aromatic hydroxyl groups is 1. The number of phenolic OH excluding ortho intramolecular Hbond substituents is 1. The largest absolute Gasteiger partial charge is 0.508 e. The fourth-order valence-electron chi connectivity index (χ4n) is 2.74. The van der Waals surface area contributed by atoms with Crippen molar-refractivity contribution in [3.8, 4) is 5.75 Å². The Hall–Kier alpha value is -1.56. The minimum atomic E-state index is 0.322. The van der Waals surface area contributed by atoms with E-state index >= 15 is 0 Å². The maximum absolute atomic E-state index is 9.32. The number of nitrogens with zero attached hydrogens (tertiary/aromatic N) is 4. The fraction of sp³-hybridized carbons (Fsp3) is 0.438. The molecule has 1 saturated heterocycles. The van der Waals surface area contributed by atoms with E-state index in [2.05, 4.69) is 14.8 Å². The number of piperazine rings is 1. The molecule has 2 heterocycles. The molecule has 6 heteroatoms. The highest BCUT2D eigenvalue weighted by atomic mass is 35.5. The zero-order chi connectivity index (χ0) is 15.5. The third-order valence-corrected chi connectivity index (χ3v) is 4.55. The molecule has 1 aromatic heterocycles. The van der Waals surface area contributed by atoms with Gasteiger partial charge in [0.25, 0.3) is 0 Å². The molecule has 5 nitrogen and oxygen atoms in total. The molecule has 22 heavy (non-hydrogen) atoms. The maximum Gasteiger partial charge on any atom is 0.128 e. The van der Waals surface area contributed by atoms with E-state index in [4.69, 9.17) is 11.6 Å². The average molecular weight is 321 g/mol. The second-order valence-electron chi connectivity index (χ2n) is 5.77. The lowest BCUT2D eigenvalue weighted by molar-refractivity contribution is 0.119. The number of hydrogen-bond donors (Lipinski definition) is 1. The minimum Gasteiger partial charge on any atom is -0.508 e. The molecular weight excluding hydrogens is 300 g/mol. The SMILES string of the molecule is Cn1c(Cl)cnc1CN1CCN(Cc2ccc(O)cc2)CC1. The van der Waals surface area contributed by atoms with Crippen molar-refractivity contribution in [3.63, 3.8) is 0 Å². The summed E-state index contributed by atoms with van der Waals surface area (Å²) in [6.07, 6.45) is 1.71. The lowest BCUT2D eigenvalue weighted by atomic mass is 10.2. The van der Waals surface area contributed by atoms with Crippen molar-refractivity contribution >= 4 is 11.6 Å². The maximum atomic E-state index is 9.32. The van der Waals surface area contributed by atoms with Gasteiger partial charge in [-0.1, -0.05) is 23.7 Å². The minimum absolute atomic E-state index is 0.322. The van der Waals surface area contributed by atoms with Gasteiger partial charge in [0, 0.05) is 39.8 Å². The van der Waals surface area contributed by atoms with Gasteiger partial charge in [-0.2, -0.15) is 0 Å². The molecule has 0 aliphatic carbocycles. The van der Waals surface area contributed by atoms with Gasteiger partial charge in [-0.25, -0.2) is 4.98 Å². The van der Waals surface area contributed by atoms with Gasteiger partial charge in [0.15, 0.2) is 0 Å². The molecular formula is C16H21ClN4O. The zero-order valence-corrected chi connectivity index (χ0v) is 13.5. The highest BCUT2D eigenvalue weighted by Gasteiger charge is 2.18. The third kappa shape index (κ3) is 3.61. The van der Waals surface area contributed by atoms with Gasteiger partial charge in [-0.3, -0.25) is 9.80 Å². The Kier molecular flexibility index (Phi) is 4.66. The molecule has 118 valence electrons. The van der Waals surface area contributed by atoms with Crippen LogP contribution in [0.4, 0.5) is 0 Å². The Bertz CT molecular complexity index is 618.